The van der Waals surface area contributed by atoms with Crippen molar-refractivity contribution in [2.24, 2.45) is 0 Å². The van der Waals surface area contributed by atoms with Crippen molar-refractivity contribution in [1.29, 1.82) is 0 Å². The third kappa shape index (κ3) is 1.32. The van der Waals surface area contributed by atoms with E-state index in [0.29, 0.717) is 16.4 Å². The molecule has 5 heteroatoms. The number of aliphatic hydroxyl groups is 1. The summed E-state index contributed by atoms with van der Waals surface area (Å²) < 4.78 is 5.07. The van der Waals surface area contributed by atoms with Crippen molar-refractivity contribution in [3.63, 3.8) is 0 Å². The number of aliphatic hydroxyl groups excluding tert-OH is 1. The summed E-state index contributed by atoms with van der Waals surface area (Å²) in [4.78, 5) is 11.0. The third-order valence-electron chi connectivity index (χ3n) is 2.02. The van der Waals surface area contributed by atoms with Crippen LogP contribution in [-0.4, -0.2) is 22.8 Å². The summed E-state index contributed by atoms with van der Waals surface area (Å²) in [6.07, 6.45) is 0. The fourth-order valence-electron chi connectivity index (χ4n) is 1.28. The third-order valence-corrected chi connectivity index (χ3v) is 2.02. The summed E-state index contributed by atoms with van der Waals surface area (Å²) in [6, 6.07) is 4.78. The lowest BCUT2D eigenvalue weighted by Gasteiger charge is -2.24. The van der Waals surface area contributed by atoms with Gasteiger partial charge in [0.25, 0.3) is 5.91 Å². The largest absolute Gasteiger partial charge is 0.481 e. The lowest BCUT2D eigenvalue weighted by molar-refractivity contribution is -0.126. The van der Waals surface area contributed by atoms with Crippen molar-refractivity contribution in [3.05, 3.63) is 23.8 Å². The zero-order valence-corrected chi connectivity index (χ0v) is 7.30. The van der Waals surface area contributed by atoms with Crippen LogP contribution in [-0.2, 0) is 11.4 Å². The molecule has 0 spiro atoms. The molecule has 0 aliphatic carbocycles. The molecule has 1 aromatic rings. The summed E-state index contributed by atoms with van der Waals surface area (Å²) in [7, 11) is 0. The average Bonchev–Trinajstić information content (AvgIpc) is 2.23. The Bertz CT molecular complexity index is 377. The molecule has 1 heterocycles. The molecular formula is C9H9NO4. The summed E-state index contributed by atoms with van der Waals surface area (Å²) in [5, 5.41) is 18.8. The molecular weight excluding hydrogens is 186 g/mol. The molecule has 74 valence electrons. The summed E-state index contributed by atoms with van der Waals surface area (Å²) in [5.74, 6) is -0.0862. The van der Waals surface area contributed by atoms with Crippen LogP contribution in [0.3, 0.4) is 0 Å². The van der Waals surface area contributed by atoms with E-state index in [2.05, 4.69) is 0 Å². The minimum absolute atomic E-state index is 0.144. The molecule has 1 amide bonds. The van der Waals surface area contributed by atoms with E-state index in [4.69, 9.17) is 9.84 Å². The number of amides is 1. The van der Waals surface area contributed by atoms with Crippen LogP contribution in [0, 0.1) is 0 Å². The molecule has 2 N–H and O–H groups in total. The zero-order valence-electron chi connectivity index (χ0n) is 7.30. The Hall–Kier alpha value is -1.59. The second kappa shape index (κ2) is 3.28. The standard InChI is InChI=1S/C9H9NO4/c11-4-6-1-2-8-7(3-6)10(13)9(12)5-14-8/h1-3,11,13H,4-5H2. The van der Waals surface area contributed by atoms with Crippen LogP contribution >= 0.6 is 0 Å². The van der Waals surface area contributed by atoms with E-state index in [1.54, 1.807) is 12.1 Å². The van der Waals surface area contributed by atoms with Crippen molar-refractivity contribution < 1.29 is 19.8 Å². The molecule has 0 unspecified atom stereocenters. The Morgan fingerprint density at radius 2 is 2.29 bits per heavy atom. The quantitative estimate of drug-likeness (QED) is 0.632. The predicted molar refractivity (Wildman–Crippen MR) is 47.1 cm³/mol. The molecule has 1 aliphatic heterocycles. The lowest BCUT2D eigenvalue weighted by atomic mass is 10.2. The SMILES string of the molecule is O=C1COc2ccc(CO)cc2N1O. The second-order valence-electron chi connectivity index (χ2n) is 2.95. The van der Waals surface area contributed by atoms with Gasteiger partial charge in [-0.3, -0.25) is 10.0 Å². The van der Waals surface area contributed by atoms with Gasteiger partial charge in [-0.15, -0.1) is 0 Å². The van der Waals surface area contributed by atoms with Crippen LogP contribution < -0.4 is 9.80 Å². The lowest BCUT2D eigenvalue weighted by Crippen LogP contribution is -2.36. The van der Waals surface area contributed by atoms with E-state index in [9.17, 15) is 10.0 Å². The van der Waals surface area contributed by atoms with Crippen molar-refractivity contribution in [2.75, 3.05) is 11.7 Å². The maximum Gasteiger partial charge on any atom is 0.288 e. The number of carbonyl (C=O) groups excluding carboxylic acids is 1. The number of ether oxygens (including phenoxy) is 1. The smallest absolute Gasteiger partial charge is 0.288 e. The molecule has 5 nitrogen and oxygen atoms in total. The normalized spacial score (nSPS) is 15.0. The summed E-state index contributed by atoms with van der Waals surface area (Å²) in [6.45, 7) is -0.308. The highest BCUT2D eigenvalue weighted by atomic mass is 16.5. The summed E-state index contributed by atoms with van der Waals surface area (Å²) in [5.41, 5.74) is 0.883. The predicted octanol–water partition coefficient (Wildman–Crippen LogP) is 0.293. The molecule has 0 aromatic heterocycles. The fraction of sp³-hybridized carbons (Fsp3) is 0.222. The van der Waals surface area contributed by atoms with Crippen molar-refractivity contribution >= 4 is 11.6 Å². The van der Waals surface area contributed by atoms with E-state index in [1.165, 1.54) is 6.07 Å². The molecule has 0 fully saturated rings. The van der Waals surface area contributed by atoms with Crippen LogP contribution in [0.15, 0.2) is 18.2 Å². The molecule has 2 rings (SSSR count). The topological polar surface area (TPSA) is 70.0 Å². The highest BCUT2D eigenvalue weighted by Crippen LogP contribution is 2.31. The Labute approximate surface area is 80.1 Å². The maximum absolute atomic E-state index is 11.0. The minimum atomic E-state index is -0.521. The highest BCUT2D eigenvalue weighted by Gasteiger charge is 2.24. The number of fused-ring (bicyclic) bond motifs is 1. The molecule has 0 saturated carbocycles. The second-order valence-corrected chi connectivity index (χ2v) is 2.95. The van der Waals surface area contributed by atoms with Crippen molar-refractivity contribution in [1.82, 2.24) is 0 Å². The Balaban J connectivity index is 2.46. The fourth-order valence-corrected chi connectivity index (χ4v) is 1.28. The number of anilines is 1. The number of nitrogens with zero attached hydrogens (tertiary/aromatic N) is 1. The average molecular weight is 195 g/mol. The molecule has 0 saturated heterocycles. The van der Waals surface area contributed by atoms with Crippen LogP contribution in [0.1, 0.15) is 5.56 Å². The number of benzene rings is 1. The van der Waals surface area contributed by atoms with E-state index in [-0.39, 0.29) is 18.9 Å². The van der Waals surface area contributed by atoms with Crippen molar-refractivity contribution in [2.45, 2.75) is 6.61 Å². The van der Waals surface area contributed by atoms with Gasteiger partial charge < -0.3 is 9.84 Å². The van der Waals surface area contributed by atoms with Crippen LogP contribution in [0.25, 0.3) is 0 Å². The van der Waals surface area contributed by atoms with Crippen molar-refractivity contribution in [3.8, 4) is 5.75 Å². The van der Waals surface area contributed by atoms with Gasteiger partial charge in [0, 0.05) is 0 Å². The number of carbonyl (C=O) groups is 1. The first-order valence-corrected chi connectivity index (χ1v) is 4.11. The van der Waals surface area contributed by atoms with Gasteiger partial charge in [-0.2, -0.15) is 5.06 Å². The van der Waals surface area contributed by atoms with Gasteiger partial charge in [-0.05, 0) is 17.7 Å². The summed E-state index contributed by atoms with van der Waals surface area (Å²) >= 11 is 0. The first kappa shape index (κ1) is 8.98. The Morgan fingerprint density at radius 3 is 3.00 bits per heavy atom. The van der Waals surface area contributed by atoms with Gasteiger partial charge >= 0.3 is 0 Å². The van der Waals surface area contributed by atoms with Gasteiger partial charge in [-0.1, -0.05) is 6.07 Å². The van der Waals surface area contributed by atoms with Crippen LogP contribution in [0.2, 0.25) is 0 Å². The van der Waals surface area contributed by atoms with E-state index >= 15 is 0 Å². The molecule has 0 atom stereocenters. The van der Waals surface area contributed by atoms with Gasteiger partial charge in [0.05, 0.1) is 6.61 Å². The van der Waals surface area contributed by atoms with Gasteiger partial charge in [0.1, 0.15) is 11.4 Å². The number of hydroxylamine groups is 1. The highest BCUT2D eigenvalue weighted by molar-refractivity contribution is 5.95. The van der Waals surface area contributed by atoms with E-state index < -0.39 is 5.91 Å². The Kier molecular flexibility index (Phi) is 2.11. The van der Waals surface area contributed by atoms with E-state index in [1.807, 2.05) is 0 Å². The van der Waals surface area contributed by atoms with Crippen LogP contribution in [0.5, 0.6) is 5.75 Å². The first-order valence-electron chi connectivity index (χ1n) is 4.11. The Morgan fingerprint density at radius 1 is 1.50 bits per heavy atom. The molecule has 1 aliphatic rings. The molecule has 0 bridgehead atoms. The van der Waals surface area contributed by atoms with Crippen LogP contribution in [0.4, 0.5) is 5.69 Å². The first-order chi connectivity index (χ1) is 6.72. The number of hydrogen-bond acceptors (Lipinski definition) is 4. The van der Waals surface area contributed by atoms with E-state index in [0.717, 1.165) is 0 Å². The van der Waals surface area contributed by atoms with Gasteiger partial charge in [-0.25, -0.2) is 0 Å². The van der Waals surface area contributed by atoms with Gasteiger partial charge in [0.2, 0.25) is 0 Å². The zero-order chi connectivity index (χ0) is 10.1. The number of hydrogen-bond donors (Lipinski definition) is 2. The molecule has 0 radical (unpaired) electrons. The molecule has 1 aromatic carbocycles. The minimum Gasteiger partial charge on any atom is -0.481 e. The number of rotatable bonds is 1. The monoisotopic (exact) mass is 195 g/mol. The van der Waals surface area contributed by atoms with Gasteiger partial charge in [0.15, 0.2) is 6.61 Å². The molecule has 14 heavy (non-hydrogen) atoms. The maximum atomic E-state index is 11.0.